The molecule has 0 fully saturated rings. The predicted octanol–water partition coefficient (Wildman–Crippen LogP) is 5.63. The smallest absolute Gasteiger partial charge is 0.259 e. The molecule has 2 amide bonds. The molecule has 0 saturated heterocycles. The number of fused-ring (bicyclic) bond motifs is 2. The van der Waals surface area contributed by atoms with Crippen molar-refractivity contribution in [2.45, 2.75) is 22.8 Å². The first-order valence-electron chi connectivity index (χ1n) is 11.0. The summed E-state index contributed by atoms with van der Waals surface area (Å²) in [6.07, 6.45) is 8.62. The number of imide groups is 1. The van der Waals surface area contributed by atoms with Crippen molar-refractivity contribution < 1.29 is 9.59 Å². The molecule has 2 aromatic heterocycles. The molecule has 0 bridgehead atoms. The molecule has 2 N–H and O–H groups in total. The molecule has 35 heavy (non-hydrogen) atoms. The normalized spacial score (nSPS) is 13.7. The molecular weight excluding hydrogens is 497 g/mol. The Kier molecular flexibility index (Phi) is 6.67. The lowest BCUT2D eigenvalue weighted by molar-refractivity contribution is -0.122. The lowest BCUT2D eigenvalue weighted by Gasteiger charge is -2.05. The fraction of sp³-hybridized carbons (Fsp3) is 0.192. The van der Waals surface area contributed by atoms with E-state index < -0.39 is 0 Å². The van der Waals surface area contributed by atoms with Crippen LogP contribution in [0.4, 0.5) is 0 Å². The van der Waals surface area contributed by atoms with Crippen LogP contribution < -0.4 is 5.32 Å². The number of amides is 2. The molecule has 176 valence electrons. The van der Waals surface area contributed by atoms with Gasteiger partial charge in [-0.2, -0.15) is 0 Å². The van der Waals surface area contributed by atoms with Crippen molar-refractivity contribution in [2.24, 2.45) is 4.99 Å². The quantitative estimate of drug-likeness (QED) is 0.104. The monoisotopic (exact) mass is 518 g/mol. The molecule has 3 heterocycles. The molecule has 0 unspecified atom stereocenters. The third-order valence-electron chi connectivity index (χ3n) is 6.18. The van der Waals surface area contributed by atoms with Gasteiger partial charge < -0.3 is 9.55 Å². The van der Waals surface area contributed by atoms with E-state index in [4.69, 9.17) is 0 Å². The highest BCUT2D eigenvalue weighted by atomic mass is 32.2. The van der Waals surface area contributed by atoms with E-state index in [0.29, 0.717) is 24.2 Å². The minimum Gasteiger partial charge on any atom is -0.361 e. The van der Waals surface area contributed by atoms with E-state index in [1.165, 1.54) is 0 Å². The maximum absolute atomic E-state index is 13.2. The summed E-state index contributed by atoms with van der Waals surface area (Å²) in [5.41, 5.74) is 4.21. The lowest BCUT2D eigenvalue weighted by atomic mass is 9.95. The van der Waals surface area contributed by atoms with Gasteiger partial charge in [-0.15, -0.1) is 23.5 Å². The fourth-order valence-corrected chi connectivity index (χ4v) is 5.53. The zero-order chi connectivity index (χ0) is 24.5. The maximum Gasteiger partial charge on any atom is 0.259 e. The van der Waals surface area contributed by atoms with E-state index >= 15 is 0 Å². The SMILES string of the molecule is CSc1ccc2[nH]cc(C3=C(c4cn(CCCN=C=S)c5ccc(SC)cc45)C(=O)NC3=O)c2c1. The van der Waals surface area contributed by atoms with Crippen LogP contribution in [0.25, 0.3) is 33.0 Å². The summed E-state index contributed by atoms with van der Waals surface area (Å²) in [5.74, 6) is -0.753. The van der Waals surface area contributed by atoms with Crippen molar-refractivity contribution in [3.05, 3.63) is 59.9 Å². The molecule has 0 aliphatic carbocycles. The largest absolute Gasteiger partial charge is 0.361 e. The Hall–Kier alpha value is -3.10. The Morgan fingerprint density at radius 3 is 2.37 bits per heavy atom. The highest BCUT2D eigenvalue weighted by molar-refractivity contribution is 7.98. The molecule has 6 nitrogen and oxygen atoms in total. The van der Waals surface area contributed by atoms with Crippen molar-refractivity contribution in [1.82, 2.24) is 14.9 Å². The second-order valence-corrected chi connectivity index (χ2v) is 10.0. The summed E-state index contributed by atoms with van der Waals surface area (Å²) >= 11 is 7.95. The number of carbonyl (C=O) groups is 2. The van der Waals surface area contributed by atoms with Gasteiger partial charge in [-0.05, 0) is 67.5 Å². The number of nitrogens with one attached hydrogen (secondary N) is 2. The third-order valence-corrected chi connectivity index (χ3v) is 7.76. The molecule has 0 saturated carbocycles. The zero-order valence-corrected chi connectivity index (χ0v) is 21.6. The number of rotatable bonds is 8. The van der Waals surface area contributed by atoms with Crippen LogP contribution in [0.5, 0.6) is 0 Å². The third kappa shape index (κ3) is 4.25. The van der Waals surface area contributed by atoms with Gasteiger partial charge in [-0.3, -0.25) is 14.9 Å². The minimum absolute atomic E-state index is 0.376. The number of aromatic nitrogens is 2. The van der Waals surface area contributed by atoms with Gasteiger partial charge in [0.2, 0.25) is 0 Å². The van der Waals surface area contributed by atoms with Crippen molar-refractivity contribution in [1.29, 1.82) is 0 Å². The van der Waals surface area contributed by atoms with Crippen molar-refractivity contribution in [3.8, 4) is 0 Å². The van der Waals surface area contributed by atoms with Gasteiger partial charge in [0.05, 0.1) is 22.9 Å². The number of H-pyrrole nitrogens is 1. The highest BCUT2D eigenvalue weighted by Crippen LogP contribution is 2.39. The Bertz CT molecular complexity index is 1570. The van der Waals surface area contributed by atoms with Crippen LogP contribution in [0.3, 0.4) is 0 Å². The molecule has 0 atom stereocenters. The van der Waals surface area contributed by atoms with E-state index in [1.807, 2.05) is 37.0 Å². The number of aliphatic imine (C=N–C) groups is 1. The first kappa shape index (κ1) is 23.6. The number of benzene rings is 2. The number of hydrogen-bond donors (Lipinski definition) is 2. The minimum atomic E-state index is -0.377. The molecular formula is C26H22N4O2S3. The second kappa shape index (κ2) is 9.87. The topological polar surface area (TPSA) is 79.2 Å². The number of nitrogens with zero attached hydrogens (tertiary/aromatic N) is 2. The van der Waals surface area contributed by atoms with Crippen LogP contribution in [-0.4, -0.2) is 45.6 Å². The van der Waals surface area contributed by atoms with Gasteiger partial charge in [0.25, 0.3) is 11.8 Å². The summed E-state index contributed by atoms with van der Waals surface area (Å²) in [4.78, 5) is 35.8. The molecule has 4 aromatic rings. The first-order chi connectivity index (χ1) is 17.0. The van der Waals surface area contributed by atoms with Gasteiger partial charge >= 0.3 is 0 Å². The van der Waals surface area contributed by atoms with Gasteiger partial charge in [0.1, 0.15) is 0 Å². The highest BCUT2D eigenvalue weighted by Gasteiger charge is 2.35. The predicted molar refractivity (Wildman–Crippen MR) is 148 cm³/mol. The number of aromatic amines is 1. The van der Waals surface area contributed by atoms with Crippen LogP contribution in [0.15, 0.2) is 63.6 Å². The number of thioether (sulfide) groups is 2. The van der Waals surface area contributed by atoms with Gasteiger partial charge in [-0.25, -0.2) is 4.99 Å². The molecule has 5 rings (SSSR count). The standard InChI is InChI=1S/C26H22N4O2S3/c1-34-15-4-6-21-17(10-15)19(12-28-21)23-24(26(32)29-25(23)31)20-13-30(9-3-8-27-14-33)22-7-5-16(35-2)11-18(20)22/h4-7,10-13,28H,3,8-9H2,1-2H3,(H,29,31,32). The van der Waals surface area contributed by atoms with Crippen molar-refractivity contribution >= 4 is 85.7 Å². The van der Waals surface area contributed by atoms with Gasteiger partial charge in [0.15, 0.2) is 0 Å². The Labute approximate surface area is 216 Å². The Morgan fingerprint density at radius 2 is 1.66 bits per heavy atom. The number of thiocarbonyl (C=S) groups is 1. The van der Waals surface area contributed by atoms with Crippen LogP contribution >= 0.6 is 35.7 Å². The first-order valence-corrected chi connectivity index (χ1v) is 13.9. The summed E-state index contributed by atoms with van der Waals surface area (Å²) in [5, 5.41) is 6.80. The molecule has 1 aliphatic rings. The fourth-order valence-electron chi connectivity index (χ4n) is 4.56. The second-order valence-electron chi connectivity index (χ2n) is 8.09. The van der Waals surface area contributed by atoms with Crippen molar-refractivity contribution in [3.63, 3.8) is 0 Å². The summed E-state index contributed by atoms with van der Waals surface area (Å²) in [6.45, 7) is 1.29. The average molecular weight is 519 g/mol. The van der Waals surface area contributed by atoms with E-state index in [-0.39, 0.29) is 11.8 Å². The van der Waals surface area contributed by atoms with Crippen LogP contribution in [0, 0.1) is 0 Å². The number of carbonyl (C=O) groups excluding carboxylic acids is 2. The molecule has 0 spiro atoms. The van der Waals surface area contributed by atoms with Crippen LogP contribution in [0.2, 0.25) is 0 Å². The average Bonchev–Trinajstić information content (AvgIpc) is 3.53. The molecule has 2 aromatic carbocycles. The molecule has 9 heteroatoms. The van der Waals surface area contributed by atoms with E-state index in [9.17, 15) is 9.59 Å². The number of isothiocyanates is 1. The maximum atomic E-state index is 13.2. The zero-order valence-electron chi connectivity index (χ0n) is 19.2. The van der Waals surface area contributed by atoms with E-state index in [0.717, 1.165) is 49.1 Å². The van der Waals surface area contributed by atoms with Crippen LogP contribution in [0.1, 0.15) is 17.5 Å². The molecule has 1 aliphatic heterocycles. The summed E-state index contributed by atoms with van der Waals surface area (Å²) < 4.78 is 2.12. The van der Waals surface area contributed by atoms with Crippen LogP contribution in [-0.2, 0) is 16.1 Å². The van der Waals surface area contributed by atoms with Crippen molar-refractivity contribution in [2.75, 3.05) is 19.1 Å². The lowest BCUT2D eigenvalue weighted by Crippen LogP contribution is -2.22. The van der Waals surface area contributed by atoms with Gasteiger partial charge in [0, 0.05) is 61.7 Å². The Balaban J connectivity index is 1.74. The summed E-state index contributed by atoms with van der Waals surface area (Å²) in [6, 6.07) is 12.3. The van der Waals surface area contributed by atoms with E-state index in [1.54, 1.807) is 23.5 Å². The number of hydrogen-bond acceptors (Lipinski definition) is 6. The number of aryl methyl sites for hydroxylation is 1. The summed E-state index contributed by atoms with van der Waals surface area (Å²) in [7, 11) is 0. The molecule has 0 radical (unpaired) electrons. The Morgan fingerprint density at radius 1 is 0.971 bits per heavy atom. The van der Waals surface area contributed by atoms with E-state index in [2.05, 4.69) is 61.5 Å². The van der Waals surface area contributed by atoms with Gasteiger partial charge in [-0.1, -0.05) is 0 Å².